The van der Waals surface area contributed by atoms with Gasteiger partial charge in [-0.2, -0.15) is 0 Å². The summed E-state index contributed by atoms with van der Waals surface area (Å²) < 4.78 is 2.42. The first-order chi connectivity index (χ1) is 24.8. The Morgan fingerprint density at radius 3 is 2.10 bits per heavy atom. The summed E-state index contributed by atoms with van der Waals surface area (Å²) >= 11 is 0. The van der Waals surface area contributed by atoms with Gasteiger partial charge in [-0.15, -0.1) is 0 Å². The van der Waals surface area contributed by atoms with E-state index in [0.29, 0.717) is 0 Å². The van der Waals surface area contributed by atoms with Crippen LogP contribution in [0.3, 0.4) is 0 Å². The molecule has 2 heteroatoms. The van der Waals surface area contributed by atoms with Crippen LogP contribution in [0.2, 0.25) is 0 Å². The Morgan fingerprint density at radius 2 is 1.20 bits per heavy atom. The van der Waals surface area contributed by atoms with Gasteiger partial charge in [0.15, 0.2) is 0 Å². The van der Waals surface area contributed by atoms with Crippen LogP contribution in [-0.2, 0) is 6.42 Å². The molecule has 0 bridgehead atoms. The Morgan fingerprint density at radius 1 is 0.500 bits per heavy atom. The highest BCUT2D eigenvalue weighted by atomic mass is 15.1. The number of aromatic nitrogens is 1. The summed E-state index contributed by atoms with van der Waals surface area (Å²) in [6.45, 7) is 0. The van der Waals surface area contributed by atoms with Gasteiger partial charge in [0, 0.05) is 33.4 Å². The van der Waals surface area contributed by atoms with Crippen molar-refractivity contribution in [2.75, 3.05) is 4.90 Å². The van der Waals surface area contributed by atoms with Gasteiger partial charge in [0.25, 0.3) is 0 Å². The van der Waals surface area contributed by atoms with Crippen molar-refractivity contribution >= 4 is 66.5 Å². The maximum absolute atomic E-state index is 2.43. The Balaban J connectivity index is 1.18. The predicted molar refractivity (Wildman–Crippen MR) is 213 cm³/mol. The normalized spacial score (nSPS) is 12.6. The molecule has 50 heavy (non-hydrogen) atoms. The summed E-state index contributed by atoms with van der Waals surface area (Å²) in [5.41, 5.74) is 12.2. The number of allylic oxidation sites excluding steroid dienone is 1. The van der Waals surface area contributed by atoms with Crippen molar-refractivity contribution in [1.29, 1.82) is 0 Å². The van der Waals surface area contributed by atoms with Crippen molar-refractivity contribution in [2.24, 2.45) is 0 Å². The summed E-state index contributed by atoms with van der Waals surface area (Å²) in [4.78, 5) is 2.43. The first-order valence-electron chi connectivity index (χ1n) is 17.5. The van der Waals surface area contributed by atoms with Crippen molar-refractivity contribution < 1.29 is 0 Å². The van der Waals surface area contributed by atoms with Crippen LogP contribution in [0.5, 0.6) is 0 Å². The van der Waals surface area contributed by atoms with Crippen LogP contribution in [0.1, 0.15) is 17.5 Å². The summed E-state index contributed by atoms with van der Waals surface area (Å²) in [6.07, 6.45) is 6.72. The molecule has 0 amide bonds. The monoisotopic (exact) mass is 638 g/mol. The zero-order valence-electron chi connectivity index (χ0n) is 27.6. The van der Waals surface area contributed by atoms with Gasteiger partial charge in [-0.1, -0.05) is 127 Å². The van der Waals surface area contributed by atoms with Gasteiger partial charge < -0.3 is 9.47 Å². The van der Waals surface area contributed by atoms with Crippen LogP contribution >= 0.6 is 0 Å². The number of aryl methyl sites for hydroxylation is 1. The highest BCUT2D eigenvalue weighted by Gasteiger charge is 2.20. The molecular weight excluding hydrogens is 605 g/mol. The lowest BCUT2D eigenvalue weighted by Gasteiger charge is -2.29. The van der Waals surface area contributed by atoms with Gasteiger partial charge in [0.1, 0.15) is 0 Å². The van der Waals surface area contributed by atoms with Crippen LogP contribution in [0, 0.1) is 0 Å². The number of nitrogens with zero attached hydrogens (tertiary/aromatic N) is 2. The number of hydrogen-bond donors (Lipinski definition) is 0. The number of fused-ring (bicyclic) bond motifs is 8. The van der Waals surface area contributed by atoms with Gasteiger partial charge in [-0.3, -0.25) is 0 Å². The van der Waals surface area contributed by atoms with Crippen molar-refractivity contribution in [3.05, 3.63) is 187 Å². The standard InChI is InChI=1S/C48H34N2/c1-2-12-33(13-3-1)41-17-8-10-20-45(41)49(39-26-24-36-23-22-34-14-4-6-16-40(34)44(36)32-39)37-27-29-38(30-28-37)50-46-21-11-9-19-43(46)48-42-18-7-5-15-35(42)25-31-47(48)50/h1-5,7-15,17-32H,6,16H2. The van der Waals surface area contributed by atoms with Gasteiger partial charge in [0.05, 0.1) is 16.7 Å². The molecule has 10 rings (SSSR count). The van der Waals surface area contributed by atoms with Crippen LogP contribution in [0.25, 0.3) is 66.2 Å². The average Bonchev–Trinajstić information content (AvgIpc) is 3.54. The first kappa shape index (κ1) is 28.6. The molecule has 2 nitrogen and oxygen atoms in total. The van der Waals surface area contributed by atoms with E-state index in [1.54, 1.807) is 0 Å². The van der Waals surface area contributed by atoms with Crippen LogP contribution in [0.4, 0.5) is 17.1 Å². The average molecular weight is 639 g/mol. The zero-order chi connectivity index (χ0) is 33.0. The smallest absolute Gasteiger partial charge is 0.0547 e. The number of benzene rings is 8. The molecule has 9 aromatic rings. The Hall–Kier alpha value is -6.38. The molecule has 0 saturated heterocycles. The Kier molecular flexibility index (Phi) is 6.67. The van der Waals surface area contributed by atoms with Gasteiger partial charge in [-0.05, 0) is 106 Å². The molecule has 8 aromatic carbocycles. The predicted octanol–water partition coefficient (Wildman–Crippen LogP) is 13.2. The van der Waals surface area contributed by atoms with Crippen molar-refractivity contribution in [1.82, 2.24) is 4.57 Å². The number of para-hydroxylation sites is 2. The molecule has 1 aliphatic rings. The number of anilines is 3. The summed E-state index contributed by atoms with van der Waals surface area (Å²) in [6, 6.07) is 62.2. The molecule has 1 aromatic heterocycles. The summed E-state index contributed by atoms with van der Waals surface area (Å²) in [5, 5.41) is 7.74. The van der Waals surface area contributed by atoms with Crippen LogP contribution in [-0.4, -0.2) is 4.57 Å². The SMILES string of the molecule is C1=Cc2ccc3ccc(N(c4ccc(-n5c6ccccc6c6c7ccccc7ccc65)cc4)c4ccccc4-c4ccccc4)cc3c2CC1. The lowest BCUT2D eigenvalue weighted by molar-refractivity contribution is 0.997. The molecule has 1 aliphatic carbocycles. The lowest BCUT2D eigenvalue weighted by Crippen LogP contribution is -2.11. The number of rotatable bonds is 5. The highest BCUT2D eigenvalue weighted by Crippen LogP contribution is 2.43. The van der Waals surface area contributed by atoms with E-state index in [0.717, 1.165) is 35.6 Å². The van der Waals surface area contributed by atoms with Crippen molar-refractivity contribution in [3.8, 4) is 16.8 Å². The second kappa shape index (κ2) is 11.6. The molecule has 0 aliphatic heterocycles. The van der Waals surface area contributed by atoms with E-state index in [1.807, 2.05) is 0 Å². The topological polar surface area (TPSA) is 8.17 Å². The summed E-state index contributed by atoms with van der Waals surface area (Å²) in [7, 11) is 0. The van der Waals surface area contributed by atoms with Crippen molar-refractivity contribution in [2.45, 2.75) is 12.8 Å². The van der Waals surface area contributed by atoms with E-state index in [4.69, 9.17) is 0 Å². The molecule has 0 fully saturated rings. The molecule has 0 atom stereocenters. The van der Waals surface area contributed by atoms with Gasteiger partial charge in [0.2, 0.25) is 0 Å². The van der Waals surface area contributed by atoms with E-state index in [1.165, 1.54) is 65.6 Å². The minimum Gasteiger partial charge on any atom is -0.310 e. The summed E-state index contributed by atoms with van der Waals surface area (Å²) in [5.74, 6) is 0. The molecule has 0 N–H and O–H groups in total. The second-order valence-electron chi connectivity index (χ2n) is 13.2. The van der Waals surface area contributed by atoms with Crippen molar-refractivity contribution in [3.63, 3.8) is 0 Å². The minimum absolute atomic E-state index is 1.07. The molecule has 236 valence electrons. The fraction of sp³-hybridized carbons (Fsp3) is 0.0417. The quantitative estimate of drug-likeness (QED) is 0.182. The van der Waals surface area contributed by atoms with E-state index in [2.05, 4.69) is 191 Å². The van der Waals surface area contributed by atoms with E-state index in [9.17, 15) is 0 Å². The molecule has 0 saturated carbocycles. The molecular formula is C48H34N2. The van der Waals surface area contributed by atoms with Gasteiger partial charge >= 0.3 is 0 Å². The maximum Gasteiger partial charge on any atom is 0.0547 e. The van der Waals surface area contributed by atoms with E-state index < -0.39 is 0 Å². The fourth-order valence-corrected chi connectivity index (χ4v) is 8.12. The molecule has 0 radical (unpaired) electrons. The van der Waals surface area contributed by atoms with Gasteiger partial charge in [-0.25, -0.2) is 0 Å². The maximum atomic E-state index is 2.43. The third-order valence-electron chi connectivity index (χ3n) is 10.4. The highest BCUT2D eigenvalue weighted by molar-refractivity contribution is 6.21. The van der Waals surface area contributed by atoms with E-state index in [-0.39, 0.29) is 0 Å². The fourth-order valence-electron chi connectivity index (χ4n) is 8.12. The third kappa shape index (κ3) is 4.57. The first-order valence-corrected chi connectivity index (χ1v) is 17.5. The van der Waals surface area contributed by atoms with Crippen LogP contribution < -0.4 is 4.90 Å². The lowest BCUT2D eigenvalue weighted by atomic mass is 9.91. The largest absolute Gasteiger partial charge is 0.310 e. The zero-order valence-corrected chi connectivity index (χ0v) is 27.6. The molecule has 0 unspecified atom stereocenters. The van der Waals surface area contributed by atoms with Crippen LogP contribution in [0.15, 0.2) is 176 Å². The Bertz CT molecular complexity index is 2750. The number of hydrogen-bond acceptors (Lipinski definition) is 1. The van der Waals surface area contributed by atoms with E-state index >= 15 is 0 Å². The molecule has 0 spiro atoms. The third-order valence-corrected chi connectivity index (χ3v) is 10.4. The Labute approximate surface area is 291 Å². The second-order valence-corrected chi connectivity index (χ2v) is 13.2. The minimum atomic E-state index is 1.07. The molecule has 1 heterocycles.